The van der Waals surface area contributed by atoms with Crippen LogP contribution < -0.4 is 5.32 Å². The monoisotopic (exact) mass is 370 g/mol. The van der Waals surface area contributed by atoms with Gasteiger partial charge in [0.1, 0.15) is 17.3 Å². The SMILES string of the molecule is Cc1cc(C)c(C2C(=O)CC(CC(=O)NC3=NOC(C)(C)C3)C2=O)c(C)c1. The number of nitrogens with one attached hydrogen (secondary N) is 1. The third-order valence-corrected chi connectivity index (χ3v) is 5.19. The van der Waals surface area contributed by atoms with Crippen molar-refractivity contribution >= 4 is 23.3 Å². The second-order valence-electron chi connectivity index (χ2n) is 8.33. The first-order valence-corrected chi connectivity index (χ1v) is 9.26. The highest BCUT2D eigenvalue weighted by Crippen LogP contribution is 2.37. The van der Waals surface area contributed by atoms with Gasteiger partial charge in [-0.2, -0.15) is 0 Å². The average Bonchev–Trinajstić information content (AvgIpc) is 2.99. The van der Waals surface area contributed by atoms with Crippen LogP contribution in [0, 0.1) is 26.7 Å². The molecule has 1 amide bonds. The van der Waals surface area contributed by atoms with Crippen LogP contribution in [-0.2, 0) is 19.2 Å². The Morgan fingerprint density at radius 2 is 1.85 bits per heavy atom. The second kappa shape index (κ2) is 6.91. The van der Waals surface area contributed by atoms with Gasteiger partial charge in [-0.25, -0.2) is 0 Å². The van der Waals surface area contributed by atoms with Crippen molar-refractivity contribution in [2.75, 3.05) is 0 Å². The van der Waals surface area contributed by atoms with Crippen LogP contribution in [0.5, 0.6) is 0 Å². The van der Waals surface area contributed by atoms with Gasteiger partial charge in [-0.05, 0) is 51.3 Å². The molecule has 1 aromatic rings. The third-order valence-electron chi connectivity index (χ3n) is 5.19. The average molecular weight is 370 g/mol. The van der Waals surface area contributed by atoms with Gasteiger partial charge in [-0.1, -0.05) is 22.9 Å². The zero-order valence-corrected chi connectivity index (χ0v) is 16.5. The second-order valence-corrected chi connectivity index (χ2v) is 8.33. The molecular weight excluding hydrogens is 344 g/mol. The minimum Gasteiger partial charge on any atom is -0.388 e. The van der Waals surface area contributed by atoms with Crippen LogP contribution in [-0.4, -0.2) is 28.9 Å². The summed E-state index contributed by atoms with van der Waals surface area (Å²) in [5.41, 5.74) is 3.36. The summed E-state index contributed by atoms with van der Waals surface area (Å²) in [6.45, 7) is 9.61. The van der Waals surface area contributed by atoms with Gasteiger partial charge < -0.3 is 10.2 Å². The lowest BCUT2D eigenvalue weighted by Crippen LogP contribution is -2.34. The summed E-state index contributed by atoms with van der Waals surface area (Å²) in [6.07, 6.45) is 0.600. The molecule has 0 spiro atoms. The molecule has 6 nitrogen and oxygen atoms in total. The van der Waals surface area contributed by atoms with E-state index in [-0.39, 0.29) is 30.3 Å². The van der Waals surface area contributed by atoms with E-state index in [9.17, 15) is 14.4 Å². The van der Waals surface area contributed by atoms with E-state index in [1.807, 2.05) is 46.8 Å². The molecule has 1 saturated carbocycles. The molecule has 0 bridgehead atoms. The van der Waals surface area contributed by atoms with Crippen LogP contribution in [0.1, 0.15) is 61.3 Å². The lowest BCUT2D eigenvalue weighted by atomic mass is 9.86. The van der Waals surface area contributed by atoms with E-state index in [0.29, 0.717) is 12.3 Å². The summed E-state index contributed by atoms with van der Waals surface area (Å²) in [7, 11) is 0. The normalized spacial score (nSPS) is 24.0. The number of benzene rings is 1. The van der Waals surface area contributed by atoms with E-state index < -0.39 is 17.4 Å². The summed E-state index contributed by atoms with van der Waals surface area (Å²) < 4.78 is 0. The molecule has 1 N–H and O–H groups in total. The fourth-order valence-electron chi connectivity index (χ4n) is 4.13. The molecule has 2 unspecified atom stereocenters. The van der Waals surface area contributed by atoms with Gasteiger partial charge in [0, 0.05) is 18.8 Å². The standard InChI is InChI=1S/C21H26N2O4/c1-11-6-12(2)18(13(3)7-11)19-15(24)8-14(20(19)26)9-17(25)22-16-10-21(4,5)27-23-16/h6-7,14,19H,8-10H2,1-5H3,(H,22,23,25). The number of rotatable bonds is 3. The van der Waals surface area contributed by atoms with Crippen LogP contribution in [0.2, 0.25) is 0 Å². The van der Waals surface area contributed by atoms with Gasteiger partial charge in [-0.3, -0.25) is 14.4 Å². The Hall–Kier alpha value is -2.50. The van der Waals surface area contributed by atoms with Gasteiger partial charge in [-0.15, -0.1) is 0 Å². The Kier molecular flexibility index (Phi) is 4.93. The minimum atomic E-state index is -0.755. The van der Waals surface area contributed by atoms with Crippen LogP contribution >= 0.6 is 0 Å². The lowest BCUT2D eigenvalue weighted by molar-refractivity contribution is -0.128. The summed E-state index contributed by atoms with van der Waals surface area (Å²) in [5, 5.41) is 6.57. The van der Waals surface area contributed by atoms with Crippen molar-refractivity contribution in [1.82, 2.24) is 5.32 Å². The number of amides is 1. The molecule has 0 aromatic heterocycles. The number of carbonyl (C=O) groups is 3. The highest BCUT2D eigenvalue weighted by Gasteiger charge is 2.44. The Morgan fingerprint density at radius 1 is 1.22 bits per heavy atom. The Balaban J connectivity index is 1.71. The molecular formula is C21H26N2O4. The zero-order chi connectivity index (χ0) is 19.9. The minimum absolute atomic E-state index is 0.00945. The Labute approximate surface area is 159 Å². The predicted molar refractivity (Wildman–Crippen MR) is 101 cm³/mol. The molecule has 3 rings (SSSR count). The fourth-order valence-corrected chi connectivity index (χ4v) is 4.13. The number of hydrogen-bond acceptors (Lipinski definition) is 5. The number of hydrogen-bond donors (Lipinski definition) is 1. The van der Waals surface area contributed by atoms with Crippen LogP contribution in [0.25, 0.3) is 0 Å². The molecule has 1 heterocycles. The van der Waals surface area contributed by atoms with Crippen molar-refractivity contribution < 1.29 is 19.2 Å². The molecule has 144 valence electrons. The first-order chi connectivity index (χ1) is 12.6. The van der Waals surface area contributed by atoms with Crippen LogP contribution in [0.3, 0.4) is 0 Å². The number of Topliss-reactive ketones (excluding diaryl/α,β-unsaturated/α-hetero) is 2. The maximum atomic E-state index is 12.9. The number of oxime groups is 1. The molecule has 6 heteroatoms. The van der Waals surface area contributed by atoms with Gasteiger partial charge in [0.15, 0.2) is 11.6 Å². The fraction of sp³-hybridized carbons (Fsp3) is 0.524. The van der Waals surface area contributed by atoms with Crippen LogP contribution in [0.15, 0.2) is 17.3 Å². The van der Waals surface area contributed by atoms with E-state index in [2.05, 4.69) is 10.5 Å². The van der Waals surface area contributed by atoms with Crippen molar-refractivity contribution in [2.24, 2.45) is 11.1 Å². The molecule has 0 saturated heterocycles. The molecule has 0 radical (unpaired) electrons. The molecule has 1 fully saturated rings. The summed E-state index contributed by atoms with van der Waals surface area (Å²) in [5.74, 6) is -1.44. The van der Waals surface area contributed by atoms with Gasteiger partial charge in [0.25, 0.3) is 0 Å². The maximum Gasteiger partial charge on any atom is 0.226 e. The lowest BCUT2D eigenvalue weighted by Gasteiger charge is -2.16. The van der Waals surface area contributed by atoms with E-state index in [1.165, 1.54) is 0 Å². The van der Waals surface area contributed by atoms with Crippen molar-refractivity contribution in [1.29, 1.82) is 0 Å². The van der Waals surface area contributed by atoms with Crippen molar-refractivity contribution in [3.8, 4) is 0 Å². The van der Waals surface area contributed by atoms with Gasteiger partial charge in [0.2, 0.25) is 5.91 Å². The quantitative estimate of drug-likeness (QED) is 0.829. The van der Waals surface area contributed by atoms with Crippen molar-refractivity contribution in [3.63, 3.8) is 0 Å². The topological polar surface area (TPSA) is 84.8 Å². The number of carbonyl (C=O) groups excluding carboxylic acids is 3. The number of nitrogens with zero attached hydrogens (tertiary/aromatic N) is 1. The van der Waals surface area contributed by atoms with Gasteiger partial charge in [0.05, 0.1) is 6.42 Å². The van der Waals surface area contributed by atoms with Crippen LogP contribution in [0.4, 0.5) is 0 Å². The van der Waals surface area contributed by atoms with Gasteiger partial charge >= 0.3 is 0 Å². The third kappa shape index (κ3) is 3.94. The van der Waals surface area contributed by atoms with E-state index >= 15 is 0 Å². The zero-order valence-electron chi connectivity index (χ0n) is 16.5. The first kappa shape index (κ1) is 19.3. The summed E-state index contributed by atoms with van der Waals surface area (Å²) in [4.78, 5) is 43.1. The largest absolute Gasteiger partial charge is 0.388 e. The summed E-state index contributed by atoms with van der Waals surface area (Å²) in [6, 6.07) is 3.98. The molecule has 1 aliphatic carbocycles. The predicted octanol–water partition coefficient (Wildman–Crippen LogP) is 2.87. The molecule has 2 atom stereocenters. The molecule has 2 aliphatic rings. The first-order valence-electron chi connectivity index (χ1n) is 9.26. The van der Waals surface area contributed by atoms with Crippen molar-refractivity contribution in [3.05, 3.63) is 34.4 Å². The van der Waals surface area contributed by atoms with Crippen molar-refractivity contribution in [2.45, 2.75) is 65.4 Å². The smallest absolute Gasteiger partial charge is 0.226 e. The number of aryl methyl sites for hydroxylation is 3. The Bertz CT molecular complexity index is 831. The van der Waals surface area contributed by atoms with E-state index in [4.69, 9.17) is 4.84 Å². The number of ketones is 2. The highest BCUT2D eigenvalue weighted by atomic mass is 16.7. The maximum absolute atomic E-state index is 12.9. The molecule has 1 aliphatic heterocycles. The number of amidine groups is 1. The molecule has 27 heavy (non-hydrogen) atoms. The summed E-state index contributed by atoms with van der Waals surface area (Å²) >= 11 is 0. The van der Waals surface area contributed by atoms with E-state index in [0.717, 1.165) is 22.3 Å². The van der Waals surface area contributed by atoms with E-state index in [1.54, 1.807) is 0 Å². The molecule has 1 aromatic carbocycles. The Morgan fingerprint density at radius 3 is 2.41 bits per heavy atom. The highest BCUT2D eigenvalue weighted by molar-refractivity contribution is 6.16.